The average molecular weight is 370 g/mol. The van der Waals surface area contributed by atoms with E-state index in [9.17, 15) is 9.18 Å². The van der Waals surface area contributed by atoms with Gasteiger partial charge in [-0.25, -0.2) is 4.39 Å². The van der Waals surface area contributed by atoms with Crippen molar-refractivity contribution in [1.82, 2.24) is 5.32 Å². The molecule has 0 unspecified atom stereocenters. The molecule has 27 heavy (non-hydrogen) atoms. The molecule has 2 aromatic carbocycles. The number of hydrogen-bond acceptors (Lipinski definition) is 4. The van der Waals surface area contributed by atoms with Gasteiger partial charge in [-0.05, 0) is 60.7 Å². The Morgan fingerprint density at radius 1 is 1.19 bits per heavy atom. The number of carbonyl (C=O) groups is 1. The summed E-state index contributed by atoms with van der Waals surface area (Å²) in [6.45, 7) is 2.80. The van der Waals surface area contributed by atoms with Crippen LogP contribution in [-0.2, 0) is 22.5 Å². The molecule has 4 rings (SSSR count). The van der Waals surface area contributed by atoms with Gasteiger partial charge in [-0.2, -0.15) is 0 Å². The number of nitrogens with zero attached hydrogens (tertiary/aromatic N) is 1. The number of anilines is 1. The zero-order valence-corrected chi connectivity index (χ0v) is 15.1. The first-order valence-electron chi connectivity index (χ1n) is 9.37. The summed E-state index contributed by atoms with van der Waals surface area (Å²) in [5.74, 6) is -0.558. The number of hydroxylamine groups is 1. The SMILES string of the molecule is O=C(NCc1ccc2c(c1)CCN2OC1CCOCC1)c1ccc(F)cc1. The molecular weight excluding hydrogens is 347 g/mol. The summed E-state index contributed by atoms with van der Waals surface area (Å²) in [6, 6.07) is 11.7. The van der Waals surface area contributed by atoms with E-state index in [0.29, 0.717) is 12.1 Å². The molecule has 2 heterocycles. The largest absolute Gasteiger partial charge is 0.381 e. The summed E-state index contributed by atoms with van der Waals surface area (Å²) in [5.41, 5.74) is 3.83. The van der Waals surface area contributed by atoms with Crippen molar-refractivity contribution in [2.24, 2.45) is 0 Å². The van der Waals surface area contributed by atoms with Crippen molar-refractivity contribution >= 4 is 11.6 Å². The van der Waals surface area contributed by atoms with Crippen LogP contribution in [0.3, 0.4) is 0 Å². The summed E-state index contributed by atoms with van der Waals surface area (Å²) in [5, 5.41) is 4.87. The second kappa shape index (κ2) is 8.06. The lowest BCUT2D eigenvalue weighted by molar-refractivity contribution is -0.0406. The van der Waals surface area contributed by atoms with E-state index in [0.717, 1.165) is 50.3 Å². The van der Waals surface area contributed by atoms with Crippen LogP contribution in [0.2, 0.25) is 0 Å². The molecular formula is C21H23FN2O3. The molecule has 2 aliphatic heterocycles. The minimum atomic E-state index is -0.349. The van der Waals surface area contributed by atoms with Crippen molar-refractivity contribution in [2.45, 2.75) is 31.9 Å². The number of halogens is 1. The number of rotatable bonds is 5. The maximum Gasteiger partial charge on any atom is 0.251 e. The second-order valence-corrected chi connectivity index (χ2v) is 6.92. The standard InChI is InChI=1S/C21H23FN2O3/c22-18-4-2-16(3-5-18)21(25)23-14-15-1-6-20-17(13-15)7-10-24(20)27-19-8-11-26-12-9-19/h1-6,13,19H,7-12,14H2,(H,23,25). The number of fused-ring (bicyclic) bond motifs is 1. The Kier molecular flexibility index (Phi) is 5.36. The van der Waals surface area contributed by atoms with Gasteiger partial charge in [-0.1, -0.05) is 12.1 Å². The van der Waals surface area contributed by atoms with E-state index in [4.69, 9.17) is 9.57 Å². The average Bonchev–Trinajstić information content (AvgIpc) is 3.09. The van der Waals surface area contributed by atoms with Crippen molar-refractivity contribution < 1.29 is 18.8 Å². The van der Waals surface area contributed by atoms with Gasteiger partial charge in [0.05, 0.1) is 11.8 Å². The first-order chi connectivity index (χ1) is 13.2. The zero-order chi connectivity index (χ0) is 18.6. The fourth-order valence-electron chi connectivity index (χ4n) is 3.49. The van der Waals surface area contributed by atoms with Crippen molar-refractivity contribution in [3.63, 3.8) is 0 Å². The Balaban J connectivity index is 1.35. The third kappa shape index (κ3) is 4.28. The maximum absolute atomic E-state index is 13.0. The van der Waals surface area contributed by atoms with E-state index in [2.05, 4.69) is 17.4 Å². The highest BCUT2D eigenvalue weighted by atomic mass is 19.1. The molecule has 2 aliphatic rings. The highest BCUT2D eigenvalue weighted by Crippen LogP contribution is 2.30. The highest BCUT2D eigenvalue weighted by molar-refractivity contribution is 5.94. The molecule has 1 saturated heterocycles. The van der Waals surface area contributed by atoms with E-state index < -0.39 is 0 Å². The van der Waals surface area contributed by atoms with Crippen LogP contribution < -0.4 is 10.4 Å². The van der Waals surface area contributed by atoms with Crippen LogP contribution in [0.5, 0.6) is 0 Å². The third-order valence-corrected chi connectivity index (χ3v) is 5.00. The Morgan fingerprint density at radius 2 is 1.96 bits per heavy atom. The van der Waals surface area contributed by atoms with Crippen LogP contribution in [0, 0.1) is 5.82 Å². The molecule has 1 fully saturated rings. The second-order valence-electron chi connectivity index (χ2n) is 6.92. The molecule has 0 aromatic heterocycles. The molecule has 0 saturated carbocycles. The Hall–Kier alpha value is -2.44. The van der Waals surface area contributed by atoms with Crippen molar-refractivity contribution in [3.8, 4) is 0 Å². The first-order valence-corrected chi connectivity index (χ1v) is 9.37. The van der Waals surface area contributed by atoms with Gasteiger partial charge < -0.3 is 10.1 Å². The highest BCUT2D eigenvalue weighted by Gasteiger charge is 2.24. The molecule has 0 aliphatic carbocycles. The monoisotopic (exact) mass is 370 g/mol. The molecule has 0 spiro atoms. The number of hydrogen-bond donors (Lipinski definition) is 1. The predicted octanol–water partition coefficient (Wildman–Crippen LogP) is 3.23. The minimum Gasteiger partial charge on any atom is -0.381 e. The van der Waals surface area contributed by atoms with E-state index in [1.54, 1.807) is 0 Å². The summed E-state index contributed by atoms with van der Waals surface area (Å²) in [4.78, 5) is 18.3. The molecule has 2 aromatic rings. The van der Waals surface area contributed by atoms with Gasteiger partial charge in [-0.3, -0.25) is 14.7 Å². The number of ether oxygens (including phenoxy) is 1. The van der Waals surface area contributed by atoms with Crippen LogP contribution in [0.15, 0.2) is 42.5 Å². The molecule has 1 N–H and O–H groups in total. The van der Waals surface area contributed by atoms with Crippen LogP contribution >= 0.6 is 0 Å². The number of amides is 1. The van der Waals surface area contributed by atoms with E-state index in [1.165, 1.54) is 29.8 Å². The fraction of sp³-hybridized carbons (Fsp3) is 0.381. The van der Waals surface area contributed by atoms with Crippen LogP contribution in [0.1, 0.15) is 34.3 Å². The zero-order valence-electron chi connectivity index (χ0n) is 15.1. The lowest BCUT2D eigenvalue weighted by atomic mass is 10.1. The third-order valence-electron chi connectivity index (χ3n) is 5.00. The van der Waals surface area contributed by atoms with Gasteiger partial charge in [0.2, 0.25) is 0 Å². The van der Waals surface area contributed by atoms with Gasteiger partial charge >= 0.3 is 0 Å². The van der Waals surface area contributed by atoms with E-state index in [-0.39, 0.29) is 17.8 Å². The lowest BCUT2D eigenvalue weighted by Crippen LogP contribution is -2.32. The molecule has 1 amide bonds. The summed E-state index contributed by atoms with van der Waals surface area (Å²) in [7, 11) is 0. The van der Waals surface area contributed by atoms with Crippen molar-refractivity contribution in [3.05, 3.63) is 65.0 Å². The van der Waals surface area contributed by atoms with Gasteiger partial charge in [0.1, 0.15) is 5.82 Å². The van der Waals surface area contributed by atoms with E-state index in [1.807, 2.05) is 11.1 Å². The van der Waals surface area contributed by atoms with Gasteiger partial charge in [0.25, 0.3) is 5.91 Å². The topological polar surface area (TPSA) is 50.8 Å². The molecule has 0 radical (unpaired) electrons. The van der Waals surface area contributed by atoms with Gasteiger partial charge in [-0.15, -0.1) is 0 Å². The Bertz CT molecular complexity index is 804. The van der Waals surface area contributed by atoms with Gasteiger partial charge in [0, 0.05) is 31.9 Å². The van der Waals surface area contributed by atoms with Crippen LogP contribution in [0.4, 0.5) is 10.1 Å². The lowest BCUT2D eigenvalue weighted by Gasteiger charge is -2.28. The molecule has 0 bridgehead atoms. The quantitative estimate of drug-likeness (QED) is 0.878. The number of carbonyl (C=O) groups excluding carboxylic acids is 1. The molecule has 5 nitrogen and oxygen atoms in total. The fourth-order valence-corrected chi connectivity index (χ4v) is 3.49. The summed E-state index contributed by atoms with van der Waals surface area (Å²) in [6.07, 6.45) is 3.01. The maximum atomic E-state index is 13.0. The van der Waals surface area contributed by atoms with Crippen molar-refractivity contribution in [1.29, 1.82) is 0 Å². The summed E-state index contributed by atoms with van der Waals surface area (Å²) >= 11 is 0. The Labute approximate surface area is 158 Å². The van der Waals surface area contributed by atoms with Crippen LogP contribution in [0.25, 0.3) is 0 Å². The summed E-state index contributed by atoms with van der Waals surface area (Å²) < 4.78 is 18.3. The number of benzene rings is 2. The molecule has 142 valence electrons. The van der Waals surface area contributed by atoms with Crippen LogP contribution in [-0.4, -0.2) is 31.8 Å². The normalized spacial score (nSPS) is 17.0. The van der Waals surface area contributed by atoms with E-state index >= 15 is 0 Å². The minimum absolute atomic E-state index is 0.208. The molecule has 0 atom stereocenters. The smallest absolute Gasteiger partial charge is 0.251 e. The predicted molar refractivity (Wildman–Crippen MR) is 100.0 cm³/mol. The number of nitrogens with one attached hydrogen (secondary N) is 1. The first kappa shape index (κ1) is 17.9. The van der Waals surface area contributed by atoms with Crippen molar-refractivity contribution in [2.75, 3.05) is 24.8 Å². The molecule has 6 heteroatoms. The van der Waals surface area contributed by atoms with Gasteiger partial charge in [0.15, 0.2) is 0 Å². The Morgan fingerprint density at radius 3 is 2.74 bits per heavy atom.